The molecule has 0 unspecified atom stereocenters. The van der Waals surface area contributed by atoms with Crippen molar-refractivity contribution < 1.29 is 19.1 Å². The molecule has 0 aliphatic heterocycles. The smallest absolute Gasteiger partial charge is 0.341 e. The molecule has 1 aliphatic rings. The fraction of sp³-hybridized carbons (Fsp3) is 0.353. The van der Waals surface area contributed by atoms with Crippen LogP contribution >= 0.6 is 23.1 Å². The lowest BCUT2D eigenvalue weighted by Crippen LogP contribution is -2.28. The minimum Gasteiger partial charge on any atom is -0.618 e. The van der Waals surface area contributed by atoms with E-state index in [2.05, 4.69) is 5.32 Å². The second kappa shape index (κ2) is 7.88. The number of methoxy groups -OCH3 is 1. The van der Waals surface area contributed by atoms with Gasteiger partial charge in [-0.3, -0.25) is 4.79 Å². The zero-order chi connectivity index (χ0) is 17.8. The number of nitrogens with zero attached hydrogens (tertiary/aromatic N) is 1. The highest BCUT2D eigenvalue weighted by atomic mass is 32.2. The quantitative estimate of drug-likeness (QED) is 0.374. The highest BCUT2D eigenvalue weighted by Gasteiger charge is 2.27. The first kappa shape index (κ1) is 17.8. The van der Waals surface area contributed by atoms with Crippen molar-refractivity contribution in [3.05, 3.63) is 45.6 Å². The maximum absolute atomic E-state index is 12.3. The number of hydrogen-bond donors (Lipinski definition) is 1. The van der Waals surface area contributed by atoms with Crippen LogP contribution in [0.5, 0.6) is 0 Å². The number of ether oxygens (including phenoxy) is 1. The number of aryl methyl sites for hydroxylation is 1. The van der Waals surface area contributed by atoms with E-state index in [0.29, 0.717) is 15.6 Å². The average Bonchev–Trinajstić information content (AvgIpc) is 2.98. The second-order valence-electron chi connectivity index (χ2n) is 5.61. The fourth-order valence-corrected chi connectivity index (χ4v) is 4.81. The van der Waals surface area contributed by atoms with Crippen LogP contribution in [0.25, 0.3) is 0 Å². The molecule has 1 aliphatic carbocycles. The number of fused-ring (bicyclic) bond motifs is 1. The number of thioether (sulfide) groups is 1. The number of rotatable bonds is 5. The lowest BCUT2D eigenvalue weighted by Gasteiger charge is -2.11. The monoisotopic (exact) mass is 378 g/mol. The molecule has 1 N–H and O–H groups in total. The van der Waals surface area contributed by atoms with Crippen LogP contribution in [-0.2, 0) is 22.4 Å². The van der Waals surface area contributed by atoms with E-state index in [1.54, 1.807) is 18.2 Å². The Kier molecular flexibility index (Phi) is 5.60. The van der Waals surface area contributed by atoms with E-state index in [-0.39, 0.29) is 11.7 Å². The van der Waals surface area contributed by atoms with Crippen molar-refractivity contribution in [1.29, 1.82) is 0 Å². The summed E-state index contributed by atoms with van der Waals surface area (Å²) >= 11 is 2.61. The van der Waals surface area contributed by atoms with Gasteiger partial charge >= 0.3 is 5.97 Å². The Morgan fingerprint density at radius 1 is 1.36 bits per heavy atom. The zero-order valence-corrected chi connectivity index (χ0v) is 15.4. The Hall–Kier alpha value is -2.06. The number of anilines is 1. The van der Waals surface area contributed by atoms with Gasteiger partial charge in [-0.15, -0.1) is 11.3 Å². The van der Waals surface area contributed by atoms with Crippen LogP contribution in [-0.4, -0.2) is 24.7 Å². The van der Waals surface area contributed by atoms with E-state index in [1.165, 1.54) is 24.6 Å². The summed E-state index contributed by atoms with van der Waals surface area (Å²) in [5.41, 5.74) is 1.49. The molecule has 132 valence electrons. The van der Waals surface area contributed by atoms with Gasteiger partial charge in [-0.1, -0.05) is 0 Å². The van der Waals surface area contributed by atoms with E-state index >= 15 is 0 Å². The van der Waals surface area contributed by atoms with Gasteiger partial charge in [0.05, 0.1) is 18.4 Å². The zero-order valence-electron chi connectivity index (χ0n) is 13.7. The predicted molar refractivity (Wildman–Crippen MR) is 97.1 cm³/mol. The van der Waals surface area contributed by atoms with Crippen molar-refractivity contribution in [2.75, 3.05) is 18.2 Å². The van der Waals surface area contributed by atoms with Crippen molar-refractivity contribution in [2.24, 2.45) is 0 Å². The van der Waals surface area contributed by atoms with E-state index in [1.807, 2.05) is 0 Å². The first-order valence-corrected chi connectivity index (χ1v) is 9.74. The third-order valence-electron chi connectivity index (χ3n) is 3.95. The molecule has 25 heavy (non-hydrogen) atoms. The number of amides is 1. The van der Waals surface area contributed by atoms with Crippen LogP contribution in [0.2, 0.25) is 0 Å². The molecule has 2 aromatic rings. The van der Waals surface area contributed by atoms with E-state index in [0.717, 1.165) is 52.6 Å². The van der Waals surface area contributed by atoms with Crippen LogP contribution in [0.1, 0.15) is 33.6 Å². The average molecular weight is 378 g/mol. The number of carbonyl (C=O) groups excluding carboxylic acids is 2. The number of aromatic nitrogens is 1. The molecule has 2 heterocycles. The Bertz CT molecular complexity index is 804. The second-order valence-corrected chi connectivity index (χ2v) is 7.71. The Balaban J connectivity index is 1.73. The molecule has 0 saturated heterocycles. The summed E-state index contributed by atoms with van der Waals surface area (Å²) in [4.78, 5) is 25.6. The minimum atomic E-state index is -0.414. The van der Waals surface area contributed by atoms with Crippen molar-refractivity contribution in [3.63, 3.8) is 0 Å². The first-order valence-electron chi connectivity index (χ1n) is 7.94. The van der Waals surface area contributed by atoms with Crippen molar-refractivity contribution >= 4 is 40.0 Å². The third-order valence-corrected chi connectivity index (χ3v) is 6.18. The summed E-state index contributed by atoms with van der Waals surface area (Å²) in [6.07, 6.45) is 5.28. The molecule has 2 aromatic heterocycles. The molecule has 0 atom stereocenters. The van der Waals surface area contributed by atoms with Crippen LogP contribution < -0.4 is 10.0 Å². The van der Waals surface area contributed by atoms with E-state index in [4.69, 9.17) is 4.74 Å². The largest absolute Gasteiger partial charge is 0.618 e. The molecule has 3 rings (SSSR count). The molecular formula is C17H18N2O4S2. The van der Waals surface area contributed by atoms with Gasteiger partial charge in [0.2, 0.25) is 5.91 Å². The first-order chi connectivity index (χ1) is 12.1. The van der Waals surface area contributed by atoms with Crippen molar-refractivity contribution in [3.8, 4) is 0 Å². The number of carbonyl (C=O) groups is 2. The van der Waals surface area contributed by atoms with E-state index in [9.17, 15) is 14.8 Å². The molecule has 0 spiro atoms. The van der Waals surface area contributed by atoms with Crippen molar-refractivity contribution in [2.45, 2.75) is 30.7 Å². The van der Waals surface area contributed by atoms with Gasteiger partial charge in [-0.2, -0.15) is 4.73 Å². The number of thiophene rings is 1. The van der Waals surface area contributed by atoms with Crippen LogP contribution in [0.15, 0.2) is 29.4 Å². The van der Waals surface area contributed by atoms with Gasteiger partial charge in [-0.25, -0.2) is 4.79 Å². The highest BCUT2D eigenvalue weighted by molar-refractivity contribution is 7.99. The fourth-order valence-electron chi connectivity index (χ4n) is 2.80. The van der Waals surface area contributed by atoms with Gasteiger partial charge in [-0.05, 0) is 49.1 Å². The van der Waals surface area contributed by atoms with Crippen LogP contribution in [0.3, 0.4) is 0 Å². The predicted octanol–water partition coefficient (Wildman–Crippen LogP) is 2.78. The van der Waals surface area contributed by atoms with Gasteiger partial charge in [0.15, 0.2) is 6.20 Å². The summed E-state index contributed by atoms with van der Waals surface area (Å²) in [7, 11) is 1.35. The number of esters is 1. The molecule has 8 heteroatoms. The molecule has 0 aromatic carbocycles. The van der Waals surface area contributed by atoms with Gasteiger partial charge in [0.1, 0.15) is 5.00 Å². The number of nitrogens with one attached hydrogen (secondary N) is 1. The van der Waals surface area contributed by atoms with Crippen molar-refractivity contribution in [1.82, 2.24) is 0 Å². The molecule has 0 radical (unpaired) electrons. The molecule has 0 fully saturated rings. The molecule has 6 nitrogen and oxygen atoms in total. The van der Waals surface area contributed by atoms with Crippen LogP contribution in [0, 0.1) is 5.21 Å². The Morgan fingerprint density at radius 3 is 2.92 bits per heavy atom. The highest BCUT2D eigenvalue weighted by Crippen LogP contribution is 2.38. The summed E-state index contributed by atoms with van der Waals surface area (Å²) < 4.78 is 5.62. The van der Waals surface area contributed by atoms with Gasteiger partial charge < -0.3 is 15.3 Å². The minimum absolute atomic E-state index is 0.0927. The molecular weight excluding hydrogens is 360 g/mol. The van der Waals surface area contributed by atoms with E-state index < -0.39 is 5.97 Å². The summed E-state index contributed by atoms with van der Waals surface area (Å²) in [5.74, 6) is -0.574. The maximum Gasteiger partial charge on any atom is 0.341 e. The SMILES string of the molecule is COC(=O)c1c(NC(=O)CSc2cccc[n+]2[O-])sc2c1CCCC2. The molecule has 0 bridgehead atoms. The molecule has 1 amide bonds. The normalized spacial score (nSPS) is 13.2. The maximum atomic E-state index is 12.3. The lowest BCUT2D eigenvalue weighted by atomic mass is 9.95. The van der Waals surface area contributed by atoms with Gasteiger partial charge in [0, 0.05) is 17.0 Å². The number of pyridine rings is 1. The van der Waals surface area contributed by atoms with Crippen LogP contribution in [0.4, 0.5) is 5.00 Å². The van der Waals surface area contributed by atoms with Gasteiger partial charge in [0.25, 0.3) is 5.03 Å². The lowest BCUT2D eigenvalue weighted by molar-refractivity contribution is -0.645. The summed E-state index contributed by atoms with van der Waals surface area (Å²) in [6, 6.07) is 5.04. The Labute approximate surface area is 153 Å². The third kappa shape index (κ3) is 3.96. The summed E-state index contributed by atoms with van der Waals surface area (Å²) in [6.45, 7) is 0. The number of hydrogen-bond acceptors (Lipinski definition) is 6. The summed E-state index contributed by atoms with van der Waals surface area (Å²) in [5, 5.41) is 15.4. The topological polar surface area (TPSA) is 82.3 Å². The standard InChI is InChI=1S/C17H18N2O4S2/c1-23-17(21)15-11-6-2-3-7-12(11)25-16(15)18-13(20)10-24-14-8-4-5-9-19(14)22/h4-5,8-9H,2-3,6-7,10H2,1H3,(H,18,20). The Morgan fingerprint density at radius 2 is 2.16 bits per heavy atom. The molecule has 0 saturated carbocycles.